The first-order chi connectivity index (χ1) is 10.4. The van der Waals surface area contributed by atoms with E-state index in [1.807, 2.05) is 0 Å². The van der Waals surface area contributed by atoms with Gasteiger partial charge in [0.2, 0.25) is 0 Å². The zero-order valence-corrected chi connectivity index (χ0v) is 14.4. The summed E-state index contributed by atoms with van der Waals surface area (Å²) in [5.41, 5.74) is 13.0. The number of aliphatic carboxylic acids is 1. The minimum atomic E-state index is -1.01. The highest BCUT2D eigenvalue weighted by atomic mass is 79.9. The molecule has 2 rings (SSSR count). The number of benzene rings is 2. The Morgan fingerprint density at radius 1 is 1.09 bits per heavy atom. The van der Waals surface area contributed by atoms with E-state index in [0.29, 0.717) is 37.4 Å². The van der Waals surface area contributed by atoms with Gasteiger partial charge in [-0.3, -0.25) is 0 Å². The number of hydrogen-bond donors (Lipinski definition) is 3. The second kappa shape index (κ2) is 6.85. The average molecular weight is 428 g/mol. The summed E-state index contributed by atoms with van der Waals surface area (Å²) in [6, 6.07) is 8.51. The van der Waals surface area contributed by atoms with Gasteiger partial charge in [0, 0.05) is 12.1 Å². The van der Waals surface area contributed by atoms with Crippen LogP contribution in [-0.2, 0) is 4.79 Å². The van der Waals surface area contributed by atoms with Crippen LogP contribution in [0.3, 0.4) is 0 Å². The monoisotopic (exact) mass is 426 g/mol. The molecule has 5 nitrogen and oxygen atoms in total. The number of hydrogen-bond acceptors (Lipinski definition) is 4. The lowest BCUT2D eigenvalue weighted by molar-refractivity contribution is -0.131. The van der Waals surface area contributed by atoms with Crippen LogP contribution in [0.5, 0.6) is 11.5 Å². The number of nitrogens with two attached hydrogens (primary N) is 2. The molecule has 2 aromatic carbocycles. The molecule has 0 radical (unpaired) electrons. The van der Waals surface area contributed by atoms with Crippen LogP contribution >= 0.6 is 31.9 Å². The lowest BCUT2D eigenvalue weighted by Crippen LogP contribution is -1.95. The molecular formula is C15H12Br2N2O3. The van der Waals surface area contributed by atoms with Gasteiger partial charge in [0.05, 0.1) is 20.3 Å². The third-order valence-electron chi connectivity index (χ3n) is 2.72. The smallest absolute Gasteiger partial charge is 0.328 e. The lowest BCUT2D eigenvalue weighted by atomic mass is 10.2. The summed E-state index contributed by atoms with van der Waals surface area (Å²) in [5.74, 6) is 0.0866. The molecule has 0 saturated carbocycles. The fraction of sp³-hybridized carbons (Fsp3) is 0. The van der Waals surface area contributed by atoms with Crippen molar-refractivity contribution < 1.29 is 14.6 Å². The maximum absolute atomic E-state index is 10.6. The molecule has 114 valence electrons. The summed E-state index contributed by atoms with van der Waals surface area (Å²) in [6.45, 7) is 0. The van der Waals surface area contributed by atoms with Crippen molar-refractivity contribution in [2.75, 3.05) is 11.5 Å². The number of carboxylic acids is 1. The maximum Gasteiger partial charge on any atom is 0.328 e. The van der Waals surface area contributed by atoms with E-state index in [4.69, 9.17) is 21.3 Å². The van der Waals surface area contributed by atoms with Gasteiger partial charge in [-0.15, -0.1) is 0 Å². The first kappa shape index (κ1) is 16.4. The highest BCUT2D eigenvalue weighted by Crippen LogP contribution is 2.38. The van der Waals surface area contributed by atoms with E-state index >= 15 is 0 Å². The summed E-state index contributed by atoms with van der Waals surface area (Å²) in [6.07, 6.45) is 2.55. The molecule has 0 amide bonds. The highest BCUT2D eigenvalue weighted by Gasteiger charge is 2.10. The zero-order chi connectivity index (χ0) is 16.3. The van der Waals surface area contributed by atoms with Crippen LogP contribution in [-0.4, -0.2) is 11.1 Å². The molecule has 0 aromatic heterocycles. The minimum absolute atomic E-state index is 0.436. The van der Waals surface area contributed by atoms with Crippen LogP contribution in [0.1, 0.15) is 5.56 Å². The summed E-state index contributed by atoms with van der Waals surface area (Å²) < 4.78 is 7.12. The van der Waals surface area contributed by atoms with Crippen molar-refractivity contribution in [3.8, 4) is 11.5 Å². The predicted octanol–water partition coefficient (Wildman–Crippen LogP) is 4.27. The molecule has 0 heterocycles. The number of halogens is 2. The van der Waals surface area contributed by atoms with Gasteiger partial charge in [-0.05, 0) is 67.8 Å². The number of carboxylic acid groups (broad SMARTS) is 1. The van der Waals surface area contributed by atoms with Crippen molar-refractivity contribution >= 4 is 55.3 Å². The van der Waals surface area contributed by atoms with Gasteiger partial charge in [0.1, 0.15) is 5.75 Å². The van der Waals surface area contributed by atoms with Gasteiger partial charge in [-0.2, -0.15) is 0 Å². The van der Waals surface area contributed by atoms with Gasteiger partial charge >= 0.3 is 5.97 Å². The summed E-state index contributed by atoms with van der Waals surface area (Å²) in [4.78, 5) is 10.6. The van der Waals surface area contributed by atoms with Crippen molar-refractivity contribution in [3.63, 3.8) is 0 Å². The highest BCUT2D eigenvalue weighted by molar-refractivity contribution is 9.11. The molecule has 0 bridgehead atoms. The minimum Gasteiger partial charge on any atom is -0.478 e. The molecule has 0 fully saturated rings. The normalized spacial score (nSPS) is 10.8. The Hall–Kier alpha value is -1.99. The van der Waals surface area contributed by atoms with Crippen molar-refractivity contribution in [3.05, 3.63) is 50.9 Å². The standard InChI is InChI=1S/C15H12Br2N2O3/c16-10-5-8(1-4-14(20)21)6-11(17)15(10)22-9-2-3-12(18)13(19)7-9/h1-7H,18-19H2,(H,20,21). The Balaban J connectivity index is 2.31. The molecule has 22 heavy (non-hydrogen) atoms. The Morgan fingerprint density at radius 2 is 1.73 bits per heavy atom. The SMILES string of the molecule is Nc1ccc(Oc2c(Br)cc(C=CC(=O)O)cc2Br)cc1N. The molecule has 7 heteroatoms. The van der Waals surface area contributed by atoms with E-state index < -0.39 is 5.97 Å². The first-order valence-electron chi connectivity index (χ1n) is 6.09. The van der Waals surface area contributed by atoms with E-state index in [1.165, 1.54) is 6.08 Å². The van der Waals surface area contributed by atoms with Crippen LogP contribution in [0.15, 0.2) is 45.4 Å². The predicted molar refractivity (Wildman–Crippen MR) is 93.9 cm³/mol. The average Bonchev–Trinajstić information content (AvgIpc) is 2.44. The van der Waals surface area contributed by atoms with Crippen LogP contribution < -0.4 is 16.2 Å². The number of rotatable bonds is 4. The molecule has 5 N–H and O–H groups in total. The van der Waals surface area contributed by atoms with Gasteiger partial charge in [-0.25, -0.2) is 4.79 Å². The van der Waals surface area contributed by atoms with Crippen LogP contribution in [0.2, 0.25) is 0 Å². The molecule has 0 aliphatic rings. The summed E-state index contributed by atoms with van der Waals surface area (Å²) >= 11 is 6.81. The molecule has 0 atom stereocenters. The first-order valence-corrected chi connectivity index (χ1v) is 7.68. The van der Waals surface area contributed by atoms with Crippen LogP contribution in [0, 0.1) is 0 Å². The number of nitrogen functional groups attached to an aromatic ring is 2. The summed E-state index contributed by atoms with van der Waals surface area (Å²) in [7, 11) is 0. The Kier molecular flexibility index (Phi) is 5.10. The topological polar surface area (TPSA) is 98.6 Å². The zero-order valence-electron chi connectivity index (χ0n) is 11.2. The van der Waals surface area contributed by atoms with Crippen molar-refractivity contribution in [2.45, 2.75) is 0 Å². The second-order valence-corrected chi connectivity index (χ2v) is 6.09. The quantitative estimate of drug-likeness (QED) is 0.500. The second-order valence-electron chi connectivity index (χ2n) is 4.38. The maximum atomic E-state index is 10.6. The third-order valence-corrected chi connectivity index (χ3v) is 3.90. The largest absolute Gasteiger partial charge is 0.478 e. The van der Waals surface area contributed by atoms with E-state index in [-0.39, 0.29) is 0 Å². The van der Waals surface area contributed by atoms with Crippen molar-refractivity contribution in [1.29, 1.82) is 0 Å². The lowest BCUT2D eigenvalue weighted by Gasteiger charge is -2.12. The fourth-order valence-electron chi connectivity index (χ4n) is 1.67. The molecule has 2 aromatic rings. The molecule has 0 aliphatic carbocycles. The van der Waals surface area contributed by atoms with Gasteiger partial charge in [0.25, 0.3) is 0 Å². The molecule has 0 saturated heterocycles. The Morgan fingerprint density at radius 3 is 2.27 bits per heavy atom. The van der Waals surface area contributed by atoms with Gasteiger partial charge < -0.3 is 21.3 Å². The summed E-state index contributed by atoms with van der Waals surface area (Å²) in [5, 5.41) is 8.65. The molecule has 0 unspecified atom stereocenters. The van der Waals surface area contributed by atoms with E-state index in [9.17, 15) is 4.79 Å². The Bertz CT molecular complexity index is 737. The number of carbonyl (C=O) groups is 1. The molecule has 0 aliphatic heterocycles. The number of ether oxygens (including phenoxy) is 1. The van der Waals surface area contributed by atoms with Crippen molar-refractivity contribution in [1.82, 2.24) is 0 Å². The molecular weight excluding hydrogens is 416 g/mol. The van der Waals surface area contributed by atoms with E-state index in [2.05, 4.69) is 31.9 Å². The van der Waals surface area contributed by atoms with Crippen molar-refractivity contribution in [2.24, 2.45) is 0 Å². The van der Waals surface area contributed by atoms with Crippen LogP contribution in [0.4, 0.5) is 11.4 Å². The van der Waals surface area contributed by atoms with Crippen LogP contribution in [0.25, 0.3) is 6.08 Å². The van der Waals surface area contributed by atoms with E-state index in [1.54, 1.807) is 30.3 Å². The van der Waals surface area contributed by atoms with Gasteiger partial charge in [-0.1, -0.05) is 0 Å². The third kappa shape index (κ3) is 4.02. The van der Waals surface area contributed by atoms with E-state index in [0.717, 1.165) is 6.08 Å². The number of anilines is 2. The molecule has 0 spiro atoms. The fourth-order valence-corrected chi connectivity index (χ4v) is 3.06. The van der Waals surface area contributed by atoms with Gasteiger partial charge in [0.15, 0.2) is 5.75 Å². The Labute approximate surface area is 143 Å².